The Morgan fingerprint density at radius 3 is 1.10 bits per heavy atom. The summed E-state index contributed by atoms with van der Waals surface area (Å²) >= 11 is 0. The second-order valence-corrected chi connectivity index (χ2v) is 27.5. The van der Waals surface area contributed by atoms with Gasteiger partial charge in [0.2, 0.25) is 5.91 Å². The third-order valence-electron chi connectivity index (χ3n) is 16.3. The van der Waals surface area contributed by atoms with E-state index in [1.807, 2.05) is 33.3 Å². The number of carbonyl (C=O) groups is 2. The minimum absolute atomic E-state index is 0.0343. The summed E-state index contributed by atoms with van der Waals surface area (Å²) in [6.07, 6.45) is 88.9. The number of nitrogens with one attached hydrogen (secondary N) is 1. The van der Waals surface area contributed by atoms with Crippen molar-refractivity contribution < 1.29 is 37.3 Å². The smallest absolute Gasteiger partial charge is 0.456 e. The zero-order chi connectivity index (χ0) is 63.5. The van der Waals surface area contributed by atoms with Gasteiger partial charge in [0.05, 0.1) is 33.8 Å². The van der Waals surface area contributed by atoms with E-state index in [1.54, 1.807) is 0 Å². The maximum atomic E-state index is 13.6. The molecule has 9 nitrogen and oxygen atoms in total. The maximum Gasteiger partial charge on any atom is 0.472 e. The van der Waals surface area contributed by atoms with Gasteiger partial charge in [-0.25, -0.2) is 4.57 Å². The first-order valence-corrected chi connectivity index (χ1v) is 38.4. The zero-order valence-corrected chi connectivity index (χ0v) is 58.9. The largest absolute Gasteiger partial charge is 0.472 e. The van der Waals surface area contributed by atoms with Gasteiger partial charge >= 0.3 is 13.8 Å². The van der Waals surface area contributed by atoms with Crippen LogP contribution < -0.4 is 5.32 Å². The summed E-state index contributed by atoms with van der Waals surface area (Å²) in [6, 6.07) is -0.863. The summed E-state index contributed by atoms with van der Waals surface area (Å²) in [4.78, 5) is 38.0. The van der Waals surface area contributed by atoms with Crippen LogP contribution in [0.2, 0.25) is 0 Å². The number of esters is 1. The van der Waals surface area contributed by atoms with Gasteiger partial charge in [0.1, 0.15) is 19.3 Å². The molecule has 0 aromatic heterocycles. The predicted molar refractivity (Wildman–Crippen MR) is 378 cm³/mol. The average Bonchev–Trinajstić information content (AvgIpc) is 3.70. The summed E-state index contributed by atoms with van der Waals surface area (Å²) in [5.41, 5.74) is 0. The van der Waals surface area contributed by atoms with Gasteiger partial charge in [-0.15, -0.1) is 0 Å². The molecule has 0 aliphatic carbocycles. The number of carbonyl (C=O) groups excluding carboxylic acids is 2. The Kier molecular flexibility index (Phi) is 64.0. The number of unbranched alkanes of at least 4 members (excludes halogenated alkanes) is 39. The fourth-order valence-corrected chi connectivity index (χ4v) is 11.4. The number of allylic oxidation sites excluding steroid dienone is 13. The van der Waals surface area contributed by atoms with Crippen LogP contribution in [0.4, 0.5) is 0 Å². The number of hydrogen-bond donors (Lipinski definition) is 2. The molecule has 0 heterocycles. The normalized spacial score (nSPS) is 14.0. The molecule has 0 rings (SSSR count). The van der Waals surface area contributed by atoms with Crippen molar-refractivity contribution in [1.29, 1.82) is 0 Å². The van der Waals surface area contributed by atoms with Gasteiger partial charge in [0, 0.05) is 12.8 Å². The summed E-state index contributed by atoms with van der Waals surface area (Å²) in [5, 5.41) is 3.07. The Balaban J connectivity index is 5.10. The van der Waals surface area contributed by atoms with Crippen LogP contribution >= 0.6 is 7.82 Å². The minimum atomic E-state index is -4.47. The molecule has 0 spiro atoms. The Labute approximate surface area is 539 Å². The van der Waals surface area contributed by atoms with Gasteiger partial charge in [0.25, 0.3) is 0 Å². The number of nitrogens with zero attached hydrogens (tertiary/aromatic N) is 1. The highest BCUT2D eigenvalue weighted by atomic mass is 31.2. The number of likely N-dealkylation sites (N-methyl/N-ethyl adjacent to an activating group) is 1. The topological polar surface area (TPSA) is 111 Å². The van der Waals surface area contributed by atoms with Gasteiger partial charge in [-0.1, -0.05) is 331 Å². The molecule has 3 atom stereocenters. The first-order chi connectivity index (χ1) is 42.4. The molecule has 0 aliphatic heterocycles. The zero-order valence-electron chi connectivity index (χ0n) is 58.0. The van der Waals surface area contributed by atoms with Crippen LogP contribution in [0.3, 0.4) is 0 Å². The number of quaternary nitrogens is 1. The van der Waals surface area contributed by atoms with E-state index in [4.69, 9.17) is 13.8 Å². The first-order valence-electron chi connectivity index (χ1n) is 36.9. The van der Waals surface area contributed by atoms with Crippen LogP contribution in [0.5, 0.6) is 0 Å². The summed E-state index contributed by atoms with van der Waals surface area (Å²) in [5.74, 6) is -0.523. The van der Waals surface area contributed by atoms with Crippen LogP contribution in [0.1, 0.15) is 342 Å². The minimum Gasteiger partial charge on any atom is -0.456 e. The van der Waals surface area contributed by atoms with Crippen molar-refractivity contribution in [2.75, 3.05) is 40.9 Å². The van der Waals surface area contributed by atoms with Crippen LogP contribution in [0, 0.1) is 0 Å². The summed E-state index contributed by atoms with van der Waals surface area (Å²) in [6.45, 7) is 6.93. The molecule has 0 aromatic rings. The predicted octanol–water partition coefficient (Wildman–Crippen LogP) is 23.7. The third-order valence-corrected chi connectivity index (χ3v) is 17.3. The lowest BCUT2D eigenvalue weighted by molar-refractivity contribution is -0.870. The van der Waals surface area contributed by atoms with E-state index >= 15 is 0 Å². The van der Waals surface area contributed by atoms with E-state index in [1.165, 1.54) is 199 Å². The molecule has 0 aromatic carbocycles. The van der Waals surface area contributed by atoms with E-state index in [2.05, 4.69) is 99.0 Å². The van der Waals surface area contributed by atoms with Crippen molar-refractivity contribution in [3.8, 4) is 0 Å². The number of phosphoric ester groups is 1. The van der Waals surface area contributed by atoms with E-state index in [0.717, 1.165) is 103 Å². The molecule has 0 aliphatic rings. The molecule has 3 unspecified atom stereocenters. The molecule has 0 radical (unpaired) electrons. The van der Waals surface area contributed by atoms with Crippen LogP contribution in [0.15, 0.2) is 85.1 Å². The fraction of sp³-hybridized carbons (Fsp3) is 0.792. The van der Waals surface area contributed by atoms with Crippen molar-refractivity contribution in [3.05, 3.63) is 85.1 Å². The SMILES string of the molecule is CC/C=C\C/C=C\C/C=C\C/C=C\C/C=C\C/C=C\CCCCCCC(=O)OC(/C=C/CCCCCCCCCCCCC)C(COP(=O)(O)OCC[N+](C)(C)C)NC(=O)CCCCCCCCCCCCCCCCCCCCCCCCCCC. The maximum absolute atomic E-state index is 13.6. The highest BCUT2D eigenvalue weighted by Crippen LogP contribution is 2.43. The molecular weight excluding hydrogens is 1100 g/mol. The van der Waals surface area contributed by atoms with Crippen molar-refractivity contribution in [1.82, 2.24) is 5.32 Å². The summed E-state index contributed by atoms with van der Waals surface area (Å²) in [7, 11) is 1.49. The number of ether oxygens (including phenoxy) is 1. The van der Waals surface area contributed by atoms with E-state index in [0.29, 0.717) is 23.9 Å². The second kappa shape index (κ2) is 66.1. The number of rotatable bonds is 67. The Hall–Kier alpha value is -2.81. The van der Waals surface area contributed by atoms with Gasteiger partial charge in [-0.3, -0.25) is 18.6 Å². The Bertz CT molecular complexity index is 1760. The number of phosphoric acid groups is 1. The van der Waals surface area contributed by atoms with Crippen molar-refractivity contribution in [3.63, 3.8) is 0 Å². The molecule has 0 saturated carbocycles. The quantitative estimate of drug-likeness (QED) is 0.0205. The van der Waals surface area contributed by atoms with Crippen molar-refractivity contribution in [2.24, 2.45) is 0 Å². The highest BCUT2D eigenvalue weighted by molar-refractivity contribution is 7.47. The molecule has 506 valence electrons. The third kappa shape index (κ3) is 67.4. The molecule has 0 saturated heterocycles. The molecule has 0 fully saturated rings. The lowest BCUT2D eigenvalue weighted by atomic mass is 10.0. The molecule has 2 N–H and O–H groups in total. The standard InChI is InChI=1S/C77H141N2O7P/c1-7-10-13-16-19-22-25-28-30-32-34-36-38-39-41-42-44-46-48-51-54-57-60-63-66-69-76(80)78-74(73-85-87(82,83)84-72-71-79(4,5)6)75(68-65-62-59-56-53-50-27-24-21-18-15-12-9-3)86-77(81)70-67-64-61-58-55-52-49-47-45-43-40-37-35-33-31-29-26-23-20-17-14-11-8-2/h11,14,20,23,29,31,35,37,43,45,49,52,65,68,74-75H,7-10,12-13,15-19,21-22,24-28,30,32-34,36,38-42,44,46-48,50-51,53-64,66-67,69-73H2,1-6H3,(H-,78,80,82,83)/p+1/b14-11-,23-20-,31-29-,37-35-,45-43-,52-49-,68-65+. The van der Waals surface area contributed by atoms with Gasteiger partial charge in [-0.2, -0.15) is 0 Å². The van der Waals surface area contributed by atoms with Gasteiger partial charge in [-0.05, 0) is 83.1 Å². The lowest BCUT2D eigenvalue weighted by Gasteiger charge is -2.27. The van der Waals surface area contributed by atoms with Crippen LogP contribution in [-0.2, 0) is 27.9 Å². The van der Waals surface area contributed by atoms with Gasteiger partial charge < -0.3 is 19.4 Å². The van der Waals surface area contributed by atoms with Crippen LogP contribution in [0.25, 0.3) is 0 Å². The number of amides is 1. The second-order valence-electron chi connectivity index (χ2n) is 26.1. The van der Waals surface area contributed by atoms with Gasteiger partial charge in [0.15, 0.2) is 0 Å². The van der Waals surface area contributed by atoms with E-state index in [-0.39, 0.29) is 31.5 Å². The van der Waals surface area contributed by atoms with E-state index in [9.17, 15) is 19.0 Å². The molecular formula is C77H142N2O7P+. The Morgan fingerprint density at radius 1 is 0.414 bits per heavy atom. The first kappa shape index (κ1) is 84.2. The number of hydrogen-bond acceptors (Lipinski definition) is 6. The highest BCUT2D eigenvalue weighted by Gasteiger charge is 2.30. The lowest BCUT2D eigenvalue weighted by Crippen LogP contribution is -2.47. The molecule has 10 heteroatoms. The molecule has 87 heavy (non-hydrogen) atoms. The Morgan fingerprint density at radius 2 is 0.736 bits per heavy atom. The molecule has 0 bridgehead atoms. The fourth-order valence-electron chi connectivity index (χ4n) is 10.7. The average molecular weight is 1240 g/mol. The monoisotopic (exact) mass is 1240 g/mol. The summed E-state index contributed by atoms with van der Waals surface area (Å²) < 4.78 is 30.9. The van der Waals surface area contributed by atoms with Crippen molar-refractivity contribution in [2.45, 2.75) is 354 Å². The molecule has 1 amide bonds. The van der Waals surface area contributed by atoms with Crippen LogP contribution in [-0.4, -0.2) is 74.3 Å². The van der Waals surface area contributed by atoms with E-state index < -0.39 is 20.0 Å². The van der Waals surface area contributed by atoms with Crippen molar-refractivity contribution >= 4 is 19.7 Å².